The van der Waals surface area contributed by atoms with E-state index in [0.717, 1.165) is 12.2 Å². The van der Waals surface area contributed by atoms with E-state index in [1.54, 1.807) is 0 Å². The smallest absolute Gasteiger partial charge is 0.331 e. The van der Waals surface area contributed by atoms with E-state index >= 15 is 0 Å². The van der Waals surface area contributed by atoms with E-state index in [9.17, 15) is 9.59 Å². The Labute approximate surface area is 205 Å². The number of carboxylic acid groups (broad SMARTS) is 1. The lowest BCUT2D eigenvalue weighted by atomic mass is 9.96. The fourth-order valence-corrected chi connectivity index (χ4v) is 17.0. The van der Waals surface area contributed by atoms with E-state index in [1.165, 1.54) is 0 Å². The molecule has 13 heteroatoms. The maximum absolute atomic E-state index is 12.8. The molecule has 0 aliphatic heterocycles. The van der Waals surface area contributed by atoms with Crippen LogP contribution < -0.4 is 0 Å². The third-order valence-electron chi connectivity index (χ3n) is 5.25. The van der Waals surface area contributed by atoms with Crippen LogP contribution >= 0.6 is 0 Å². The molecule has 0 fully saturated rings. The van der Waals surface area contributed by atoms with E-state index in [0.29, 0.717) is 0 Å². The molecule has 0 saturated heterocycles. The molecular formula is C19H46O7Si6. The van der Waals surface area contributed by atoms with Gasteiger partial charge in [0.25, 0.3) is 0 Å². The van der Waals surface area contributed by atoms with Gasteiger partial charge in [0.05, 0.1) is 0 Å². The van der Waals surface area contributed by atoms with Gasteiger partial charge in [0.1, 0.15) is 4.85 Å². The molecular weight excluding hydrogens is 509 g/mol. The van der Waals surface area contributed by atoms with Crippen molar-refractivity contribution in [3.8, 4) is 0 Å². The van der Waals surface area contributed by atoms with Crippen molar-refractivity contribution >= 4 is 66.2 Å². The first-order valence-corrected chi connectivity index (χ1v) is 25.3. The predicted molar refractivity (Wildman–Crippen MR) is 148 cm³/mol. The lowest BCUT2D eigenvalue weighted by Gasteiger charge is -2.51. The van der Waals surface area contributed by atoms with Crippen LogP contribution in [0.25, 0.3) is 0 Å². The summed E-state index contributed by atoms with van der Waals surface area (Å²) >= 11 is 0. The number of hydrogen-bond donors (Lipinski definition) is 1. The first-order valence-electron chi connectivity index (χ1n) is 11.2. The van der Waals surface area contributed by atoms with Gasteiger partial charge >= 0.3 is 11.9 Å². The third kappa shape index (κ3) is 11.8. The number of hydrogen-bond acceptors (Lipinski definition) is 6. The number of carboxylic acids is 1. The minimum absolute atomic E-state index is 0.192. The molecule has 0 aromatic carbocycles. The summed E-state index contributed by atoms with van der Waals surface area (Å²) < 4.78 is 25.9. The molecule has 1 atom stereocenters. The van der Waals surface area contributed by atoms with Gasteiger partial charge in [0.15, 0.2) is 54.2 Å². The van der Waals surface area contributed by atoms with Crippen molar-refractivity contribution in [3.63, 3.8) is 0 Å². The summed E-state index contributed by atoms with van der Waals surface area (Å²) in [5.74, 6) is -1.63. The van der Waals surface area contributed by atoms with Crippen LogP contribution in [-0.2, 0) is 26.7 Å². The molecule has 1 N–H and O–H groups in total. The molecule has 0 saturated carbocycles. The SMILES string of the molecule is CC(C)C(C)([SiH2]O[Si](C)(C)C)C(OC(=O)/C=C/C(=O)O)([SiH2]O[Si](C)(C)C)[SiH2]O[Si](C)(C)C. The van der Waals surface area contributed by atoms with Crippen LogP contribution in [0.3, 0.4) is 0 Å². The maximum Gasteiger partial charge on any atom is 0.331 e. The molecule has 0 heterocycles. The molecule has 0 aliphatic rings. The lowest BCUT2D eigenvalue weighted by Crippen LogP contribution is -2.63. The fraction of sp³-hybridized carbons (Fsp3) is 0.789. The molecule has 0 aromatic rings. The van der Waals surface area contributed by atoms with Gasteiger partial charge in [-0.2, -0.15) is 0 Å². The number of esters is 1. The largest absolute Gasteiger partial charge is 0.478 e. The second-order valence-electron chi connectivity index (χ2n) is 11.9. The Balaban J connectivity index is 6.57. The van der Waals surface area contributed by atoms with Gasteiger partial charge in [0, 0.05) is 17.2 Å². The molecule has 0 aliphatic carbocycles. The van der Waals surface area contributed by atoms with Gasteiger partial charge in [-0.1, -0.05) is 20.8 Å². The van der Waals surface area contributed by atoms with Crippen LogP contribution in [0.5, 0.6) is 0 Å². The van der Waals surface area contributed by atoms with Crippen LogP contribution in [0.15, 0.2) is 12.2 Å². The summed E-state index contributed by atoms with van der Waals surface area (Å²) in [5, 5.41) is 8.60. The lowest BCUT2D eigenvalue weighted by molar-refractivity contribution is -0.145. The molecule has 0 aromatic heterocycles. The topological polar surface area (TPSA) is 91.3 Å². The van der Waals surface area contributed by atoms with Crippen molar-refractivity contribution in [2.75, 3.05) is 0 Å². The zero-order valence-corrected chi connectivity index (χ0v) is 29.5. The fourth-order valence-electron chi connectivity index (χ4n) is 2.77. The van der Waals surface area contributed by atoms with Crippen molar-refractivity contribution in [2.24, 2.45) is 5.92 Å². The molecule has 1 unspecified atom stereocenters. The molecule has 32 heavy (non-hydrogen) atoms. The highest BCUT2D eigenvalue weighted by Crippen LogP contribution is 2.48. The highest BCUT2D eigenvalue weighted by Gasteiger charge is 2.56. The van der Waals surface area contributed by atoms with Gasteiger partial charge < -0.3 is 22.2 Å². The summed E-state index contributed by atoms with van der Waals surface area (Å²) in [6.45, 7) is 25.9. The Morgan fingerprint density at radius 3 is 1.47 bits per heavy atom. The van der Waals surface area contributed by atoms with Crippen molar-refractivity contribution in [2.45, 2.75) is 89.6 Å². The molecule has 0 rings (SSSR count). The summed E-state index contributed by atoms with van der Waals surface area (Å²) in [6.07, 6.45) is 1.84. The quantitative estimate of drug-likeness (QED) is 0.200. The average Bonchev–Trinajstić information content (AvgIpc) is 2.58. The Morgan fingerprint density at radius 2 is 1.16 bits per heavy atom. The van der Waals surface area contributed by atoms with Crippen molar-refractivity contribution in [1.29, 1.82) is 0 Å². The standard InChI is InChI=1S/C19H46O7Si6/c1-15(2)18(3,27-24-30(4,5)6)19(28-25-31(7,8)9,29-26-32(10,11)12)23-17(22)14-13-16(20)21/h13-15H,27-29H2,1-12H3,(H,20,21)/b14-13+. The minimum atomic E-state index is -1.88. The normalized spacial score (nSPS) is 18.4. The van der Waals surface area contributed by atoms with Crippen LogP contribution in [0, 0.1) is 5.92 Å². The highest BCUT2D eigenvalue weighted by atomic mass is 28.4. The number of carbonyl (C=O) groups is 2. The first kappa shape index (κ1) is 31.9. The van der Waals surface area contributed by atoms with Crippen molar-refractivity contribution < 1.29 is 31.8 Å². The summed E-state index contributed by atoms with van der Waals surface area (Å²) in [4.78, 5) is 23.0. The molecule has 7 nitrogen and oxygen atoms in total. The van der Waals surface area contributed by atoms with Crippen LogP contribution in [-0.4, -0.2) is 76.1 Å². The summed E-state index contributed by atoms with van der Waals surface area (Å²) in [5.41, 5.74) is 0. The van der Waals surface area contributed by atoms with Crippen molar-refractivity contribution in [3.05, 3.63) is 12.2 Å². The summed E-state index contributed by atoms with van der Waals surface area (Å²) in [6, 6.07) is 0. The van der Waals surface area contributed by atoms with Gasteiger partial charge in [-0.3, -0.25) is 0 Å². The van der Waals surface area contributed by atoms with E-state index in [2.05, 4.69) is 79.7 Å². The van der Waals surface area contributed by atoms with Crippen LogP contribution in [0.1, 0.15) is 20.8 Å². The third-order valence-corrected chi connectivity index (χ3v) is 24.5. The number of ether oxygens (including phenoxy) is 1. The number of aliphatic carboxylic acids is 1. The zero-order chi connectivity index (χ0) is 25.6. The molecule has 188 valence electrons. The molecule has 0 bridgehead atoms. The Kier molecular flexibility index (Phi) is 12.0. The van der Waals surface area contributed by atoms with Gasteiger partial charge in [0.2, 0.25) is 0 Å². The monoisotopic (exact) mass is 554 g/mol. The Morgan fingerprint density at radius 1 is 0.781 bits per heavy atom. The summed E-state index contributed by atoms with van der Waals surface area (Å²) in [7, 11) is -9.45. The second kappa shape index (κ2) is 12.0. The van der Waals surface area contributed by atoms with Gasteiger partial charge in [-0.25, -0.2) is 9.59 Å². The molecule has 0 radical (unpaired) electrons. The minimum Gasteiger partial charge on any atom is -0.478 e. The van der Waals surface area contributed by atoms with E-state index in [1.807, 2.05) is 0 Å². The number of carbonyl (C=O) groups excluding carboxylic acids is 1. The van der Waals surface area contributed by atoms with E-state index in [4.69, 9.17) is 22.2 Å². The Hall–Kier alpha value is -0.139. The van der Waals surface area contributed by atoms with Gasteiger partial charge in [-0.05, 0) is 64.8 Å². The highest BCUT2D eigenvalue weighted by molar-refractivity contribution is 6.80. The van der Waals surface area contributed by atoms with Gasteiger partial charge in [-0.15, -0.1) is 0 Å². The predicted octanol–water partition coefficient (Wildman–Crippen LogP) is 2.46. The Bertz CT molecular complexity index is 647. The maximum atomic E-state index is 12.8. The average molecular weight is 555 g/mol. The van der Waals surface area contributed by atoms with E-state index in [-0.39, 0.29) is 11.0 Å². The zero-order valence-electron chi connectivity index (χ0n) is 22.3. The molecule has 0 amide bonds. The first-order chi connectivity index (χ1) is 14.1. The van der Waals surface area contributed by atoms with Crippen LogP contribution in [0.2, 0.25) is 64.0 Å². The number of rotatable bonds is 14. The molecule has 0 spiro atoms. The van der Waals surface area contributed by atoms with E-state index < -0.39 is 71.0 Å². The van der Waals surface area contributed by atoms with Crippen molar-refractivity contribution in [1.82, 2.24) is 0 Å². The second-order valence-corrected chi connectivity index (χ2v) is 33.6. The van der Waals surface area contributed by atoms with Crippen LogP contribution in [0.4, 0.5) is 0 Å².